The first-order chi connectivity index (χ1) is 14.1. The molecule has 3 aromatic heterocycles. The van der Waals surface area contributed by atoms with Crippen molar-refractivity contribution in [1.82, 2.24) is 24.8 Å². The van der Waals surface area contributed by atoms with E-state index in [1.807, 2.05) is 12.1 Å². The van der Waals surface area contributed by atoms with Crippen LogP contribution in [0.2, 0.25) is 0 Å². The van der Waals surface area contributed by atoms with E-state index in [2.05, 4.69) is 74.6 Å². The Morgan fingerprint density at radius 2 is 1.83 bits per heavy atom. The van der Waals surface area contributed by atoms with Gasteiger partial charge in [0.15, 0.2) is 0 Å². The minimum atomic E-state index is 0.596. The van der Waals surface area contributed by atoms with Gasteiger partial charge in [-0.15, -0.1) is 0 Å². The average molecular weight is 388 g/mol. The molecule has 0 amide bonds. The summed E-state index contributed by atoms with van der Waals surface area (Å²) in [7, 11) is 5.75. The zero-order chi connectivity index (χ0) is 20.2. The minimum Gasteiger partial charge on any atom is -0.481 e. The van der Waals surface area contributed by atoms with E-state index in [0.717, 1.165) is 40.2 Å². The Balaban J connectivity index is 1.56. The third-order valence-corrected chi connectivity index (χ3v) is 4.66. The molecule has 0 aliphatic rings. The van der Waals surface area contributed by atoms with Gasteiger partial charge in [0.2, 0.25) is 5.88 Å². The van der Waals surface area contributed by atoms with E-state index in [9.17, 15) is 0 Å². The fourth-order valence-corrected chi connectivity index (χ4v) is 3.25. The van der Waals surface area contributed by atoms with Crippen LogP contribution in [0.4, 0.5) is 5.82 Å². The van der Waals surface area contributed by atoms with Crippen molar-refractivity contribution in [3.8, 4) is 17.1 Å². The van der Waals surface area contributed by atoms with E-state index in [0.29, 0.717) is 12.4 Å². The van der Waals surface area contributed by atoms with Gasteiger partial charge in [0, 0.05) is 31.0 Å². The molecule has 7 nitrogen and oxygen atoms in total. The molecule has 2 N–H and O–H groups in total. The van der Waals surface area contributed by atoms with E-state index >= 15 is 0 Å². The number of methoxy groups -OCH3 is 1. The Kier molecular flexibility index (Phi) is 5.39. The highest BCUT2D eigenvalue weighted by Gasteiger charge is 2.10. The number of nitrogens with one attached hydrogen (secondary N) is 2. The monoisotopic (exact) mass is 388 g/mol. The van der Waals surface area contributed by atoms with Gasteiger partial charge in [0.05, 0.1) is 12.5 Å². The molecule has 148 valence electrons. The molecule has 0 saturated heterocycles. The largest absolute Gasteiger partial charge is 0.481 e. The van der Waals surface area contributed by atoms with Crippen molar-refractivity contribution in [3.05, 3.63) is 66.1 Å². The maximum absolute atomic E-state index is 5.19. The number of pyridine rings is 1. The molecule has 0 aliphatic carbocycles. The van der Waals surface area contributed by atoms with E-state index < -0.39 is 0 Å². The molecule has 4 aromatic rings. The number of nitrogens with zero attached hydrogens (tertiary/aromatic N) is 4. The van der Waals surface area contributed by atoms with Gasteiger partial charge in [-0.05, 0) is 42.9 Å². The Morgan fingerprint density at radius 1 is 1.00 bits per heavy atom. The molecular weight excluding hydrogens is 364 g/mol. The summed E-state index contributed by atoms with van der Waals surface area (Å²) in [5.41, 5.74) is 5.30. The molecule has 0 unspecified atom stereocenters. The first kappa shape index (κ1) is 18.9. The third kappa shape index (κ3) is 4.35. The predicted molar refractivity (Wildman–Crippen MR) is 115 cm³/mol. The lowest BCUT2D eigenvalue weighted by Gasteiger charge is -2.09. The summed E-state index contributed by atoms with van der Waals surface area (Å²) in [6.45, 7) is 1.54. The van der Waals surface area contributed by atoms with Gasteiger partial charge in [-0.1, -0.05) is 24.3 Å². The molecule has 7 heteroatoms. The maximum atomic E-state index is 5.19. The van der Waals surface area contributed by atoms with E-state index in [4.69, 9.17) is 4.74 Å². The van der Waals surface area contributed by atoms with Crippen LogP contribution < -0.4 is 10.1 Å². The smallest absolute Gasteiger partial charge is 0.213 e. The number of aromatic amines is 1. The molecule has 0 radical (unpaired) electrons. The summed E-state index contributed by atoms with van der Waals surface area (Å²) < 4.78 is 5.19. The molecule has 3 heterocycles. The second-order valence-electron chi connectivity index (χ2n) is 7.16. The molecule has 0 saturated carbocycles. The summed E-state index contributed by atoms with van der Waals surface area (Å²) in [5, 5.41) is 4.35. The van der Waals surface area contributed by atoms with E-state index in [-0.39, 0.29) is 0 Å². The highest BCUT2D eigenvalue weighted by atomic mass is 16.5. The van der Waals surface area contributed by atoms with Crippen molar-refractivity contribution in [2.45, 2.75) is 13.1 Å². The first-order valence-corrected chi connectivity index (χ1v) is 9.43. The van der Waals surface area contributed by atoms with Crippen molar-refractivity contribution in [1.29, 1.82) is 0 Å². The second kappa shape index (κ2) is 8.28. The van der Waals surface area contributed by atoms with Crippen molar-refractivity contribution in [2.75, 3.05) is 26.5 Å². The summed E-state index contributed by atoms with van der Waals surface area (Å²) in [6, 6.07) is 14.5. The number of hydrogen-bond acceptors (Lipinski definition) is 6. The normalized spacial score (nSPS) is 11.2. The first-order valence-electron chi connectivity index (χ1n) is 9.43. The highest BCUT2D eigenvalue weighted by Crippen LogP contribution is 2.27. The number of ether oxygens (including phenoxy) is 1. The quantitative estimate of drug-likeness (QED) is 0.503. The molecule has 0 aliphatic heterocycles. The van der Waals surface area contributed by atoms with Crippen LogP contribution in [0.3, 0.4) is 0 Å². The maximum Gasteiger partial charge on any atom is 0.213 e. The van der Waals surface area contributed by atoms with E-state index in [1.165, 1.54) is 5.56 Å². The number of aromatic nitrogens is 4. The number of rotatable bonds is 7. The minimum absolute atomic E-state index is 0.596. The van der Waals surface area contributed by atoms with Crippen LogP contribution in [-0.2, 0) is 13.1 Å². The summed E-state index contributed by atoms with van der Waals surface area (Å²) in [5.74, 6) is 1.39. The van der Waals surface area contributed by atoms with Crippen LogP contribution in [0.1, 0.15) is 11.1 Å². The second-order valence-corrected chi connectivity index (χ2v) is 7.16. The van der Waals surface area contributed by atoms with Crippen LogP contribution in [0.15, 0.2) is 55.0 Å². The summed E-state index contributed by atoms with van der Waals surface area (Å²) in [4.78, 5) is 18.5. The van der Waals surface area contributed by atoms with Gasteiger partial charge in [-0.25, -0.2) is 15.0 Å². The Morgan fingerprint density at radius 3 is 2.59 bits per heavy atom. The molecule has 0 atom stereocenters. The average Bonchev–Trinajstić information content (AvgIpc) is 3.17. The SMILES string of the molecule is COc1cc(CNc2ncnc3[nH]c(-c4ccc(CN(C)C)cc4)cc23)ccn1. The molecular formula is C22H24N6O. The Labute approximate surface area is 169 Å². The predicted octanol–water partition coefficient (Wildman–Crippen LogP) is 3.70. The summed E-state index contributed by atoms with van der Waals surface area (Å²) >= 11 is 0. The fraction of sp³-hybridized carbons (Fsp3) is 0.227. The number of hydrogen-bond donors (Lipinski definition) is 2. The van der Waals surface area contributed by atoms with Gasteiger partial charge in [-0.2, -0.15) is 0 Å². The number of anilines is 1. The number of benzene rings is 1. The number of fused-ring (bicyclic) bond motifs is 1. The van der Waals surface area contributed by atoms with Gasteiger partial charge >= 0.3 is 0 Å². The molecule has 0 bridgehead atoms. The topological polar surface area (TPSA) is 79.0 Å². The molecule has 0 fully saturated rings. The highest BCUT2D eigenvalue weighted by molar-refractivity contribution is 5.91. The number of H-pyrrole nitrogens is 1. The van der Waals surface area contributed by atoms with Crippen LogP contribution in [0, 0.1) is 0 Å². The molecule has 4 rings (SSSR count). The van der Waals surface area contributed by atoms with Gasteiger partial charge in [-0.3, -0.25) is 0 Å². The van der Waals surface area contributed by atoms with Gasteiger partial charge in [0.1, 0.15) is 17.8 Å². The van der Waals surface area contributed by atoms with Crippen molar-refractivity contribution in [3.63, 3.8) is 0 Å². The van der Waals surface area contributed by atoms with Crippen LogP contribution in [-0.4, -0.2) is 46.0 Å². The standard InChI is InChI=1S/C22H24N6O/c1-28(2)13-15-4-6-17(7-5-15)19-11-18-21(25-14-26-22(18)27-19)24-12-16-8-9-23-20(10-16)29-3/h4-11,14H,12-13H2,1-3H3,(H2,24,25,26,27). The van der Waals surface area contributed by atoms with Crippen LogP contribution in [0.25, 0.3) is 22.3 Å². The van der Waals surface area contributed by atoms with Gasteiger partial charge < -0.3 is 19.9 Å². The van der Waals surface area contributed by atoms with Crippen molar-refractivity contribution < 1.29 is 4.74 Å². The van der Waals surface area contributed by atoms with Gasteiger partial charge in [0.25, 0.3) is 0 Å². The lowest BCUT2D eigenvalue weighted by molar-refractivity contribution is 0.397. The summed E-state index contributed by atoms with van der Waals surface area (Å²) in [6.07, 6.45) is 3.30. The fourth-order valence-electron chi connectivity index (χ4n) is 3.25. The lowest BCUT2D eigenvalue weighted by atomic mass is 10.1. The molecule has 0 spiro atoms. The third-order valence-electron chi connectivity index (χ3n) is 4.66. The lowest BCUT2D eigenvalue weighted by Crippen LogP contribution is -2.10. The van der Waals surface area contributed by atoms with E-state index in [1.54, 1.807) is 19.6 Å². The van der Waals surface area contributed by atoms with Crippen LogP contribution >= 0.6 is 0 Å². The van der Waals surface area contributed by atoms with Crippen molar-refractivity contribution in [2.24, 2.45) is 0 Å². The molecule has 29 heavy (non-hydrogen) atoms. The zero-order valence-corrected chi connectivity index (χ0v) is 16.8. The Hall–Kier alpha value is -3.45. The van der Waals surface area contributed by atoms with Crippen molar-refractivity contribution >= 4 is 16.9 Å². The van der Waals surface area contributed by atoms with Crippen LogP contribution in [0.5, 0.6) is 5.88 Å². The molecule has 1 aromatic carbocycles. The Bertz CT molecular complexity index is 1100. The zero-order valence-electron chi connectivity index (χ0n) is 16.8.